The van der Waals surface area contributed by atoms with E-state index in [0.29, 0.717) is 10.0 Å². The van der Waals surface area contributed by atoms with Crippen molar-refractivity contribution in [1.82, 2.24) is 0 Å². The monoisotopic (exact) mass is 275 g/mol. The van der Waals surface area contributed by atoms with E-state index >= 15 is 0 Å². The minimum absolute atomic E-state index is 0.0558. The minimum atomic E-state index is -0.854. The molecular formula is C11H12BrF2N. The van der Waals surface area contributed by atoms with Crippen molar-refractivity contribution in [3.05, 3.63) is 33.8 Å². The van der Waals surface area contributed by atoms with Gasteiger partial charge in [0.15, 0.2) is 11.6 Å². The number of benzene rings is 1. The summed E-state index contributed by atoms with van der Waals surface area (Å²) in [7, 11) is 0. The van der Waals surface area contributed by atoms with E-state index in [1.165, 1.54) is 6.07 Å². The third kappa shape index (κ3) is 1.51. The van der Waals surface area contributed by atoms with Crippen molar-refractivity contribution in [3.8, 4) is 0 Å². The lowest BCUT2D eigenvalue weighted by Crippen LogP contribution is -2.26. The van der Waals surface area contributed by atoms with Gasteiger partial charge in [-0.05, 0) is 29.5 Å². The summed E-state index contributed by atoms with van der Waals surface area (Å²) in [5.74, 6) is -1.70. The molecule has 15 heavy (non-hydrogen) atoms. The largest absolute Gasteiger partial charge is 0.321 e. The maximum Gasteiger partial charge on any atom is 0.159 e. The molecule has 0 aliphatic heterocycles. The van der Waals surface area contributed by atoms with Gasteiger partial charge >= 0.3 is 0 Å². The Kier molecular flexibility index (Phi) is 2.21. The second kappa shape index (κ2) is 3.01. The van der Waals surface area contributed by atoms with Gasteiger partial charge < -0.3 is 5.73 Å². The third-order valence-corrected chi connectivity index (χ3v) is 3.95. The van der Waals surface area contributed by atoms with E-state index in [0.717, 1.165) is 12.5 Å². The molecule has 1 atom stereocenters. The van der Waals surface area contributed by atoms with Gasteiger partial charge in [-0.2, -0.15) is 0 Å². The predicted molar refractivity (Wildman–Crippen MR) is 58.3 cm³/mol. The quantitative estimate of drug-likeness (QED) is 0.782. The van der Waals surface area contributed by atoms with Crippen molar-refractivity contribution in [3.63, 3.8) is 0 Å². The molecule has 0 heterocycles. The fourth-order valence-corrected chi connectivity index (χ4v) is 2.65. The second-order valence-corrected chi connectivity index (χ2v) is 5.63. The Morgan fingerprint density at radius 2 is 1.73 bits per heavy atom. The summed E-state index contributed by atoms with van der Waals surface area (Å²) in [5, 5.41) is 0. The molecule has 1 aromatic carbocycles. The summed E-state index contributed by atoms with van der Waals surface area (Å²) in [4.78, 5) is 0. The molecule has 82 valence electrons. The zero-order valence-electron chi connectivity index (χ0n) is 8.57. The second-order valence-electron chi connectivity index (χ2n) is 4.78. The van der Waals surface area contributed by atoms with Crippen LogP contribution in [0.2, 0.25) is 0 Å². The Morgan fingerprint density at radius 1 is 1.27 bits per heavy atom. The van der Waals surface area contributed by atoms with E-state index in [9.17, 15) is 8.78 Å². The van der Waals surface area contributed by atoms with E-state index in [1.54, 1.807) is 0 Å². The van der Waals surface area contributed by atoms with Crippen LogP contribution in [0.4, 0.5) is 8.78 Å². The Morgan fingerprint density at radius 3 is 2.20 bits per heavy atom. The molecule has 4 heteroatoms. The van der Waals surface area contributed by atoms with Gasteiger partial charge in [0.2, 0.25) is 0 Å². The molecule has 0 radical (unpaired) electrons. The summed E-state index contributed by atoms with van der Waals surface area (Å²) in [6.07, 6.45) is 0.781. The van der Waals surface area contributed by atoms with Gasteiger partial charge in [0.1, 0.15) is 0 Å². The molecule has 0 aromatic heterocycles. The van der Waals surface area contributed by atoms with Crippen LogP contribution in [0.3, 0.4) is 0 Å². The molecule has 1 fully saturated rings. The van der Waals surface area contributed by atoms with E-state index in [2.05, 4.69) is 15.9 Å². The summed E-state index contributed by atoms with van der Waals surface area (Å²) in [5.41, 5.74) is 6.19. The van der Waals surface area contributed by atoms with Crippen molar-refractivity contribution in [2.45, 2.75) is 25.8 Å². The summed E-state index contributed by atoms with van der Waals surface area (Å²) >= 11 is 3.22. The average Bonchev–Trinajstić information content (AvgIpc) is 2.60. The van der Waals surface area contributed by atoms with E-state index < -0.39 is 17.2 Å². The fraction of sp³-hybridized carbons (Fsp3) is 0.455. The van der Waals surface area contributed by atoms with E-state index in [1.807, 2.05) is 13.8 Å². The van der Waals surface area contributed by atoms with Gasteiger partial charge in [0.05, 0.1) is 0 Å². The van der Waals surface area contributed by atoms with E-state index in [4.69, 9.17) is 5.73 Å². The summed E-state index contributed by atoms with van der Waals surface area (Å²) < 4.78 is 26.6. The van der Waals surface area contributed by atoms with E-state index in [-0.39, 0.29) is 5.41 Å². The number of rotatable bonds is 1. The summed E-state index contributed by atoms with van der Waals surface area (Å²) in [6, 6.07) is 2.32. The van der Waals surface area contributed by atoms with Crippen LogP contribution in [0.25, 0.3) is 0 Å². The van der Waals surface area contributed by atoms with Gasteiger partial charge in [0.25, 0.3) is 0 Å². The molecule has 1 aliphatic carbocycles. The molecule has 2 N–H and O–H groups in total. The highest BCUT2D eigenvalue weighted by atomic mass is 79.9. The molecule has 1 unspecified atom stereocenters. The van der Waals surface area contributed by atoms with Crippen molar-refractivity contribution >= 4 is 15.9 Å². The Labute approximate surface area is 95.8 Å². The van der Waals surface area contributed by atoms with Gasteiger partial charge in [-0.25, -0.2) is 8.78 Å². The zero-order chi connectivity index (χ0) is 11.4. The number of halogens is 3. The van der Waals surface area contributed by atoms with Crippen LogP contribution in [0, 0.1) is 17.0 Å². The maximum absolute atomic E-state index is 13.1. The lowest BCUT2D eigenvalue weighted by Gasteiger charge is -2.17. The molecule has 1 saturated carbocycles. The molecular weight excluding hydrogens is 264 g/mol. The highest BCUT2D eigenvalue weighted by molar-refractivity contribution is 9.10. The molecule has 0 saturated heterocycles. The minimum Gasteiger partial charge on any atom is -0.321 e. The Balaban J connectivity index is 2.52. The predicted octanol–water partition coefficient (Wildman–Crippen LogP) is 3.31. The van der Waals surface area contributed by atoms with Gasteiger partial charge in [-0.3, -0.25) is 0 Å². The van der Waals surface area contributed by atoms with Crippen LogP contribution in [-0.2, 0) is 5.54 Å². The summed E-state index contributed by atoms with van der Waals surface area (Å²) in [6.45, 7) is 4.03. The highest BCUT2D eigenvalue weighted by Crippen LogP contribution is 2.61. The highest BCUT2D eigenvalue weighted by Gasteiger charge is 2.60. The molecule has 0 spiro atoms. The molecule has 0 bridgehead atoms. The lowest BCUT2D eigenvalue weighted by atomic mass is 9.97. The first-order valence-corrected chi connectivity index (χ1v) is 5.51. The van der Waals surface area contributed by atoms with Gasteiger partial charge in [-0.1, -0.05) is 29.8 Å². The SMILES string of the molecule is CC1(C)CC1(N)c1cc(F)c(F)cc1Br. The smallest absolute Gasteiger partial charge is 0.159 e. The van der Waals surface area contributed by atoms with Crippen molar-refractivity contribution in [1.29, 1.82) is 0 Å². The average molecular weight is 276 g/mol. The number of hydrogen-bond donors (Lipinski definition) is 1. The van der Waals surface area contributed by atoms with Crippen LogP contribution in [-0.4, -0.2) is 0 Å². The Bertz CT molecular complexity index is 431. The first kappa shape index (κ1) is 11.0. The van der Waals surface area contributed by atoms with Crippen LogP contribution in [0.1, 0.15) is 25.8 Å². The molecule has 0 amide bonds. The molecule has 1 aliphatic rings. The fourth-order valence-electron chi connectivity index (χ4n) is 1.98. The standard InChI is InChI=1S/C11H12BrF2N/c1-10(2)5-11(10,15)6-3-8(13)9(14)4-7(6)12/h3-4H,5,15H2,1-2H3. The van der Waals surface area contributed by atoms with Crippen LogP contribution in [0.15, 0.2) is 16.6 Å². The third-order valence-electron chi connectivity index (χ3n) is 3.29. The number of nitrogens with two attached hydrogens (primary N) is 1. The molecule has 2 rings (SSSR count). The van der Waals surface area contributed by atoms with Crippen LogP contribution >= 0.6 is 15.9 Å². The first-order chi connectivity index (χ1) is 6.78. The number of hydrogen-bond acceptors (Lipinski definition) is 1. The van der Waals surface area contributed by atoms with Gasteiger partial charge in [-0.15, -0.1) is 0 Å². The van der Waals surface area contributed by atoms with Crippen molar-refractivity contribution < 1.29 is 8.78 Å². The zero-order valence-corrected chi connectivity index (χ0v) is 10.2. The Hall–Kier alpha value is -0.480. The van der Waals surface area contributed by atoms with Gasteiger partial charge in [0, 0.05) is 10.0 Å². The van der Waals surface area contributed by atoms with Crippen LogP contribution in [0.5, 0.6) is 0 Å². The van der Waals surface area contributed by atoms with Crippen molar-refractivity contribution in [2.75, 3.05) is 0 Å². The lowest BCUT2D eigenvalue weighted by molar-refractivity contribution is 0.484. The maximum atomic E-state index is 13.1. The van der Waals surface area contributed by atoms with Crippen LogP contribution < -0.4 is 5.73 Å². The topological polar surface area (TPSA) is 26.0 Å². The van der Waals surface area contributed by atoms with Crippen molar-refractivity contribution in [2.24, 2.45) is 11.1 Å². The normalized spacial score (nSPS) is 27.9. The first-order valence-electron chi connectivity index (χ1n) is 4.72. The molecule has 1 nitrogen and oxygen atoms in total. The molecule has 1 aromatic rings.